The highest BCUT2D eigenvalue weighted by Gasteiger charge is 2.58. The molecule has 4 heterocycles. The number of aromatic nitrogens is 1. The number of fused-ring (bicyclic) bond motifs is 1. The van der Waals surface area contributed by atoms with Gasteiger partial charge in [0.25, 0.3) is 0 Å². The van der Waals surface area contributed by atoms with Crippen LogP contribution in [0, 0.1) is 23.7 Å². The van der Waals surface area contributed by atoms with Crippen LogP contribution in [0.1, 0.15) is 85.8 Å². The molecule has 346 valence electrons. The number of nitrogens with zero attached hydrogens (tertiary/aromatic N) is 2. The van der Waals surface area contributed by atoms with E-state index in [1.165, 1.54) is 6.20 Å². The van der Waals surface area contributed by atoms with Crippen LogP contribution in [0.4, 0.5) is 9.59 Å². The first-order valence-electron chi connectivity index (χ1n) is 21.9. The molecule has 3 aliphatic rings. The van der Waals surface area contributed by atoms with E-state index in [1.54, 1.807) is 72.9 Å². The van der Waals surface area contributed by atoms with Crippen molar-refractivity contribution < 1.29 is 57.5 Å². The third-order valence-corrected chi connectivity index (χ3v) is 12.8. The summed E-state index contributed by atoms with van der Waals surface area (Å²) in [5, 5.41) is 17.4. The molecule has 16 nitrogen and oxygen atoms in total. The Hall–Kier alpha value is -4.90. The van der Waals surface area contributed by atoms with Crippen molar-refractivity contribution in [3.05, 3.63) is 72.1 Å². The summed E-state index contributed by atoms with van der Waals surface area (Å²) in [4.78, 5) is 76.0. The molecule has 0 unspecified atom stereocenters. The lowest BCUT2D eigenvalue weighted by Crippen LogP contribution is -2.61. The number of pyridine rings is 1. The number of carbonyl (C=O) groups is 5. The lowest BCUT2D eigenvalue weighted by Gasteiger charge is -2.48. The normalized spacial score (nSPS) is 35.5. The minimum atomic E-state index is -1.74. The minimum Gasteiger partial charge on any atom is -0.461 e. The summed E-state index contributed by atoms with van der Waals surface area (Å²) in [5.74, 6) is -5.68. The van der Waals surface area contributed by atoms with Gasteiger partial charge in [-0.2, -0.15) is 0 Å². The number of aliphatic hydroxyl groups excluding tert-OH is 1. The van der Waals surface area contributed by atoms with Gasteiger partial charge in [-0.05, 0) is 78.2 Å². The third-order valence-electron chi connectivity index (χ3n) is 12.8. The number of hydrogen-bond donors (Lipinski definition) is 3. The Balaban J connectivity index is 1.63. The molecule has 2 amide bonds. The van der Waals surface area contributed by atoms with E-state index in [0.29, 0.717) is 12.0 Å². The number of hydrogen-bond acceptors (Lipinski definition) is 14. The molecule has 0 aliphatic carbocycles. The fraction of sp³-hybridized carbons (Fsp3) is 0.617. The summed E-state index contributed by atoms with van der Waals surface area (Å²) in [5.41, 5.74) is -1.72. The molecule has 3 N–H and O–H groups in total. The average Bonchev–Trinajstić information content (AvgIpc) is 3.56. The van der Waals surface area contributed by atoms with Gasteiger partial charge in [-0.15, -0.1) is 0 Å². The maximum absolute atomic E-state index is 14.6. The van der Waals surface area contributed by atoms with Gasteiger partial charge >= 0.3 is 24.1 Å². The standard InChI is InChI=1S/C47H66N4O12/c1-11-35-47(8)40(50-45(57)63-47)29(4)37(53)27(2)25-46(7,62-44(56)49-22-16-19-32-17-13-12-14-18-32)41(61-43-38(54)34(51(9)10)23-28(3)58-43)30(5)39(31(6)42(55)59-35)60-36(52)24-33-20-15-21-48-26-33/h12-21,26-31,34-35,38-41,43,54H,11,22-25H2,1-10H3,(H,49,56)(H,50,57)/t27-,28-,29+,30+,31-,34+,35-,38-,39+,40-,41-,43+,46-,47-/m1/s1. The molecular formula is C47H66N4O12. The maximum Gasteiger partial charge on any atom is 0.408 e. The number of amides is 2. The summed E-state index contributed by atoms with van der Waals surface area (Å²) in [7, 11) is 3.67. The summed E-state index contributed by atoms with van der Waals surface area (Å²) in [6, 6.07) is 11.6. The SMILES string of the molecule is CC[C@H]1OC(=O)[C@H](C)[C@@H](OC(=O)Cc2cccnc2)[C@H](C)[C@@H](O[C@@H]2O[C@H](C)C[C@H](N(C)C)[C@H]2O)[C@](C)(OC(=O)NCC=Cc2ccccc2)C[C@@H](C)C(=O)[C@H](C)[C@H]2NC(=O)O[C@@]21C. The Morgan fingerprint density at radius 2 is 1.75 bits per heavy atom. The molecule has 3 saturated heterocycles. The number of carbonyl (C=O) groups excluding carboxylic acids is 5. The predicted molar refractivity (Wildman–Crippen MR) is 232 cm³/mol. The highest BCUT2D eigenvalue weighted by atomic mass is 16.7. The largest absolute Gasteiger partial charge is 0.461 e. The topological polar surface area (TPSA) is 201 Å². The first-order chi connectivity index (χ1) is 29.8. The van der Waals surface area contributed by atoms with Crippen LogP contribution in [0.3, 0.4) is 0 Å². The zero-order chi connectivity index (χ0) is 46.2. The maximum atomic E-state index is 14.6. The molecule has 0 saturated carbocycles. The second-order valence-electron chi connectivity index (χ2n) is 18.0. The van der Waals surface area contributed by atoms with E-state index in [9.17, 15) is 29.1 Å². The summed E-state index contributed by atoms with van der Waals surface area (Å²) in [6.07, 6.45) is -1.02. The van der Waals surface area contributed by atoms with E-state index in [4.69, 9.17) is 28.4 Å². The van der Waals surface area contributed by atoms with Gasteiger partial charge in [0.15, 0.2) is 11.9 Å². The van der Waals surface area contributed by atoms with Gasteiger partial charge in [0, 0.05) is 42.7 Å². The number of cyclic esters (lactones) is 1. The van der Waals surface area contributed by atoms with E-state index in [2.05, 4.69) is 15.6 Å². The molecule has 3 aliphatic heterocycles. The number of likely N-dealkylation sites (N-methyl/N-ethyl adjacent to an activating group) is 1. The van der Waals surface area contributed by atoms with Crippen molar-refractivity contribution in [1.29, 1.82) is 0 Å². The molecule has 14 atom stereocenters. The molecule has 0 radical (unpaired) electrons. The number of ether oxygens (including phenoxy) is 6. The Kier molecular flexibility index (Phi) is 16.5. The molecule has 0 spiro atoms. The molecule has 5 rings (SSSR count). The van der Waals surface area contributed by atoms with Crippen molar-refractivity contribution in [2.24, 2.45) is 23.7 Å². The third kappa shape index (κ3) is 11.8. The number of nitrogens with one attached hydrogen (secondary N) is 2. The van der Waals surface area contributed by atoms with Crippen LogP contribution < -0.4 is 10.6 Å². The Morgan fingerprint density at radius 3 is 2.40 bits per heavy atom. The average molecular weight is 879 g/mol. The minimum absolute atomic E-state index is 0.0822. The number of aliphatic hydroxyl groups is 1. The van der Waals surface area contributed by atoms with Gasteiger partial charge < -0.3 is 49.1 Å². The Labute approximate surface area is 370 Å². The van der Waals surface area contributed by atoms with Crippen molar-refractivity contribution >= 4 is 36.0 Å². The number of alkyl carbamates (subject to hydrolysis) is 2. The van der Waals surface area contributed by atoms with E-state index >= 15 is 0 Å². The van der Waals surface area contributed by atoms with Crippen molar-refractivity contribution in [2.45, 2.75) is 141 Å². The second-order valence-corrected chi connectivity index (χ2v) is 18.0. The molecule has 0 bridgehead atoms. The number of benzene rings is 1. The van der Waals surface area contributed by atoms with Crippen molar-refractivity contribution in [3.63, 3.8) is 0 Å². The van der Waals surface area contributed by atoms with Gasteiger partial charge in [-0.3, -0.25) is 19.4 Å². The van der Waals surface area contributed by atoms with Gasteiger partial charge in [-0.25, -0.2) is 9.59 Å². The zero-order valence-electron chi connectivity index (χ0n) is 38.1. The molecule has 2 aromatic rings. The van der Waals surface area contributed by atoms with Crippen LogP contribution in [0.5, 0.6) is 0 Å². The van der Waals surface area contributed by atoms with Crippen LogP contribution in [0.2, 0.25) is 0 Å². The van der Waals surface area contributed by atoms with Gasteiger partial charge in [0.1, 0.15) is 35.8 Å². The van der Waals surface area contributed by atoms with E-state index in [1.807, 2.05) is 62.3 Å². The van der Waals surface area contributed by atoms with Crippen molar-refractivity contribution in [1.82, 2.24) is 20.5 Å². The van der Waals surface area contributed by atoms with Crippen molar-refractivity contribution in [2.75, 3.05) is 20.6 Å². The van der Waals surface area contributed by atoms with E-state index < -0.39 is 102 Å². The first-order valence-corrected chi connectivity index (χ1v) is 21.9. The second kappa shape index (κ2) is 21.2. The van der Waals surface area contributed by atoms with Gasteiger partial charge in [-0.1, -0.05) is 76.2 Å². The molecule has 3 fully saturated rings. The molecule has 1 aromatic heterocycles. The lowest BCUT2D eigenvalue weighted by molar-refractivity contribution is -0.298. The fourth-order valence-electron chi connectivity index (χ4n) is 9.45. The molecular weight excluding hydrogens is 813 g/mol. The van der Waals surface area contributed by atoms with E-state index in [-0.39, 0.29) is 37.7 Å². The summed E-state index contributed by atoms with van der Waals surface area (Å²) >= 11 is 0. The molecule has 63 heavy (non-hydrogen) atoms. The molecule has 1 aromatic carbocycles. The van der Waals surface area contributed by atoms with Crippen molar-refractivity contribution in [3.8, 4) is 0 Å². The van der Waals surface area contributed by atoms with Crippen LogP contribution in [-0.4, -0.2) is 126 Å². The summed E-state index contributed by atoms with van der Waals surface area (Å²) in [6.45, 7) is 13.6. The molecule has 16 heteroatoms. The van der Waals surface area contributed by atoms with Gasteiger partial charge in [0.2, 0.25) is 0 Å². The lowest BCUT2D eigenvalue weighted by atomic mass is 9.73. The monoisotopic (exact) mass is 878 g/mol. The first kappa shape index (κ1) is 49.1. The van der Waals surface area contributed by atoms with Gasteiger partial charge in [0.05, 0.1) is 24.5 Å². The smallest absolute Gasteiger partial charge is 0.408 e. The zero-order valence-corrected chi connectivity index (χ0v) is 38.1. The predicted octanol–water partition coefficient (Wildman–Crippen LogP) is 5.25. The van der Waals surface area contributed by atoms with Crippen LogP contribution in [0.25, 0.3) is 6.08 Å². The summed E-state index contributed by atoms with van der Waals surface area (Å²) < 4.78 is 37.8. The van der Waals surface area contributed by atoms with Crippen LogP contribution >= 0.6 is 0 Å². The van der Waals surface area contributed by atoms with Crippen LogP contribution in [-0.2, 0) is 49.2 Å². The van der Waals surface area contributed by atoms with E-state index in [0.717, 1.165) is 5.56 Å². The number of rotatable bonds is 11. The number of esters is 2. The Bertz CT molecular complexity index is 1920. The highest BCUT2D eigenvalue weighted by Crippen LogP contribution is 2.42. The fourth-order valence-corrected chi connectivity index (χ4v) is 9.45. The van der Waals surface area contributed by atoms with Crippen LogP contribution in [0.15, 0.2) is 60.9 Å². The number of Topliss-reactive ketones (excluding diaryl/α,β-unsaturated/α-hetero) is 1. The quantitative estimate of drug-likeness (QED) is 0.195. The number of ketones is 1. The highest BCUT2D eigenvalue weighted by molar-refractivity contribution is 5.85. The Morgan fingerprint density at radius 1 is 1.03 bits per heavy atom.